The Morgan fingerprint density at radius 2 is 2.25 bits per heavy atom. The van der Waals surface area contributed by atoms with Gasteiger partial charge >= 0.3 is 5.97 Å². The van der Waals surface area contributed by atoms with Crippen LogP contribution in [0, 0.1) is 6.92 Å². The minimum Gasteiger partial charge on any atom is -0.481 e. The van der Waals surface area contributed by atoms with Gasteiger partial charge < -0.3 is 5.11 Å². The Labute approximate surface area is 75.8 Å². The van der Waals surface area contributed by atoms with Gasteiger partial charge in [0.25, 0.3) is 0 Å². The summed E-state index contributed by atoms with van der Waals surface area (Å²) in [6.45, 7) is 1.85. The highest BCUT2D eigenvalue weighted by Gasteiger charge is 2.07. The van der Waals surface area contributed by atoms with Crippen LogP contribution in [-0.2, 0) is 11.2 Å². The number of aliphatic carboxylic acids is 1. The predicted octanol–water partition coefficient (Wildman–Crippen LogP) is 2.28. The molecule has 0 saturated carbocycles. The van der Waals surface area contributed by atoms with E-state index < -0.39 is 5.97 Å². The third-order valence-electron chi connectivity index (χ3n) is 1.68. The Balaban J connectivity index is 3.04. The van der Waals surface area contributed by atoms with Crippen molar-refractivity contribution in [3.05, 3.63) is 34.3 Å². The summed E-state index contributed by atoms with van der Waals surface area (Å²) < 4.78 is 0. The fourth-order valence-electron chi connectivity index (χ4n) is 1.04. The summed E-state index contributed by atoms with van der Waals surface area (Å²) in [5.74, 6) is -0.855. The fourth-order valence-corrected chi connectivity index (χ4v) is 1.33. The molecule has 0 heterocycles. The highest BCUT2D eigenvalue weighted by molar-refractivity contribution is 6.31. The van der Waals surface area contributed by atoms with Gasteiger partial charge in [0.15, 0.2) is 0 Å². The molecule has 0 aliphatic rings. The second kappa shape index (κ2) is 3.59. The molecular weight excluding hydrogens is 176 g/mol. The first-order valence-electron chi connectivity index (χ1n) is 3.57. The lowest BCUT2D eigenvalue weighted by molar-refractivity contribution is -0.136. The van der Waals surface area contributed by atoms with Crippen LogP contribution in [-0.4, -0.2) is 11.1 Å². The highest BCUT2D eigenvalue weighted by atomic mass is 35.5. The van der Waals surface area contributed by atoms with Crippen molar-refractivity contribution in [2.24, 2.45) is 0 Å². The van der Waals surface area contributed by atoms with Crippen LogP contribution in [0.5, 0.6) is 0 Å². The number of halogens is 1. The molecule has 3 heteroatoms. The molecule has 2 nitrogen and oxygen atoms in total. The molecular formula is C9H9ClO2. The van der Waals surface area contributed by atoms with Gasteiger partial charge in [-0.25, -0.2) is 0 Å². The lowest BCUT2D eigenvalue weighted by atomic mass is 10.1. The minimum atomic E-state index is -0.855. The van der Waals surface area contributed by atoms with E-state index in [-0.39, 0.29) is 6.42 Å². The third kappa shape index (κ3) is 1.98. The van der Waals surface area contributed by atoms with Crippen molar-refractivity contribution in [3.63, 3.8) is 0 Å². The molecule has 0 aliphatic carbocycles. The second-order valence-electron chi connectivity index (χ2n) is 2.61. The third-order valence-corrected chi connectivity index (χ3v) is 2.04. The summed E-state index contributed by atoms with van der Waals surface area (Å²) in [4.78, 5) is 10.4. The van der Waals surface area contributed by atoms with Crippen LogP contribution in [0.25, 0.3) is 0 Å². The van der Waals surface area contributed by atoms with Gasteiger partial charge in [-0.15, -0.1) is 0 Å². The second-order valence-corrected chi connectivity index (χ2v) is 3.01. The summed E-state index contributed by atoms with van der Waals surface area (Å²) >= 11 is 5.81. The van der Waals surface area contributed by atoms with Crippen LogP contribution in [0.2, 0.25) is 5.02 Å². The number of carbonyl (C=O) groups is 1. The van der Waals surface area contributed by atoms with Gasteiger partial charge in [0.05, 0.1) is 6.42 Å². The Kier molecular flexibility index (Phi) is 2.71. The fraction of sp³-hybridized carbons (Fsp3) is 0.222. The van der Waals surface area contributed by atoms with Crippen LogP contribution in [0.1, 0.15) is 11.1 Å². The number of carboxylic acids is 1. The molecule has 0 fully saturated rings. The van der Waals surface area contributed by atoms with Gasteiger partial charge in [-0.05, 0) is 24.1 Å². The highest BCUT2D eigenvalue weighted by Crippen LogP contribution is 2.19. The van der Waals surface area contributed by atoms with Gasteiger partial charge in [0, 0.05) is 5.02 Å². The molecule has 0 aromatic heterocycles. The zero-order valence-electron chi connectivity index (χ0n) is 6.67. The molecule has 1 N–H and O–H groups in total. The molecule has 1 rings (SSSR count). The minimum absolute atomic E-state index is 0.00843. The lowest BCUT2D eigenvalue weighted by Gasteiger charge is -2.03. The van der Waals surface area contributed by atoms with E-state index >= 15 is 0 Å². The monoisotopic (exact) mass is 184 g/mol. The van der Waals surface area contributed by atoms with Gasteiger partial charge in [-0.1, -0.05) is 23.7 Å². The van der Waals surface area contributed by atoms with Crippen LogP contribution in [0.15, 0.2) is 18.2 Å². The van der Waals surface area contributed by atoms with Crippen molar-refractivity contribution in [3.8, 4) is 0 Å². The zero-order valence-corrected chi connectivity index (χ0v) is 7.43. The molecule has 0 unspecified atom stereocenters. The molecule has 12 heavy (non-hydrogen) atoms. The average Bonchev–Trinajstić information content (AvgIpc) is 1.97. The smallest absolute Gasteiger partial charge is 0.307 e. The number of hydrogen-bond acceptors (Lipinski definition) is 1. The normalized spacial score (nSPS) is 9.83. The number of benzene rings is 1. The quantitative estimate of drug-likeness (QED) is 0.766. The van der Waals surface area contributed by atoms with E-state index in [4.69, 9.17) is 16.7 Å². The first-order valence-corrected chi connectivity index (χ1v) is 3.95. The maximum Gasteiger partial charge on any atom is 0.307 e. The molecule has 0 radical (unpaired) electrons. The van der Waals surface area contributed by atoms with Crippen molar-refractivity contribution < 1.29 is 9.90 Å². The van der Waals surface area contributed by atoms with E-state index in [0.717, 1.165) is 5.56 Å². The Bertz CT molecular complexity index is 287. The standard InChI is InChI=1S/C9H9ClO2/c1-6-3-2-4-8(10)7(6)5-9(11)12/h2-4H,5H2,1H3,(H,11,12). The Hall–Kier alpha value is -1.02. The van der Waals surface area contributed by atoms with Gasteiger partial charge in [0.1, 0.15) is 0 Å². The maximum absolute atomic E-state index is 10.4. The number of rotatable bonds is 2. The van der Waals surface area contributed by atoms with Crippen LogP contribution >= 0.6 is 11.6 Å². The van der Waals surface area contributed by atoms with Gasteiger partial charge in [-0.3, -0.25) is 4.79 Å². The summed E-state index contributed by atoms with van der Waals surface area (Å²) in [7, 11) is 0. The largest absolute Gasteiger partial charge is 0.481 e. The van der Waals surface area contributed by atoms with E-state index in [1.54, 1.807) is 6.07 Å². The molecule has 1 aromatic rings. The molecule has 64 valence electrons. The summed E-state index contributed by atoms with van der Waals surface area (Å²) in [6, 6.07) is 5.36. The average molecular weight is 185 g/mol. The molecule has 0 amide bonds. The molecule has 0 bridgehead atoms. The molecule has 0 saturated heterocycles. The van der Waals surface area contributed by atoms with Gasteiger partial charge in [-0.2, -0.15) is 0 Å². The van der Waals surface area contributed by atoms with E-state index in [1.165, 1.54) is 0 Å². The summed E-state index contributed by atoms with van der Waals surface area (Å²) in [5.41, 5.74) is 1.62. The Morgan fingerprint density at radius 1 is 1.58 bits per heavy atom. The van der Waals surface area contributed by atoms with Crippen molar-refractivity contribution in [2.45, 2.75) is 13.3 Å². The number of carboxylic acid groups (broad SMARTS) is 1. The number of aryl methyl sites for hydroxylation is 1. The van der Waals surface area contributed by atoms with Gasteiger partial charge in [0.2, 0.25) is 0 Å². The van der Waals surface area contributed by atoms with Crippen LogP contribution in [0.3, 0.4) is 0 Å². The van der Waals surface area contributed by atoms with E-state index in [1.807, 2.05) is 19.1 Å². The summed E-state index contributed by atoms with van der Waals surface area (Å²) in [5, 5.41) is 9.08. The molecule has 0 spiro atoms. The van der Waals surface area contributed by atoms with Crippen LogP contribution in [0.4, 0.5) is 0 Å². The van der Waals surface area contributed by atoms with Crippen molar-refractivity contribution >= 4 is 17.6 Å². The van der Waals surface area contributed by atoms with Crippen molar-refractivity contribution in [1.29, 1.82) is 0 Å². The first-order chi connectivity index (χ1) is 5.61. The zero-order chi connectivity index (χ0) is 9.14. The lowest BCUT2D eigenvalue weighted by Crippen LogP contribution is -2.02. The Morgan fingerprint density at radius 3 is 2.75 bits per heavy atom. The molecule has 0 aliphatic heterocycles. The van der Waals surface area contributed by atoms with Crippen LogP contribution < -0.4 is 0 Å². The molecule has 1 aromatic carbocycles. The van der Waals surface area contributed by atoms with E-state index in [2.05, 4.69) is 0 Å². The van der Waals surface area contributed by atoms with E-state index in [9.17, 15) is 4.79 Å². The van der Waals surface area contributed by atoms with Crippen molar-refractivity contribution in [1.82, 2.24) is 0 Å². The first kappa shape index (κ1) is 9.07. The number of hydrogen-bond donors (Lipinski definition) is 1. The molecule has 0 atom stereocenters. The van der Waals surface area contributed by atoms with E-state index in [0.29, 0.717) is 10.6 Å². The maximum atomic E-state index is 10.4. The SMILES string of the molecule is Cc1cccc(Cl)c1CC(=O)O. The summed E-state index contributed by atoms with van der Waals surface area (Å²) in [6.07, 6.45) is -0.00843. The topological polar surface area (TPSA) is 37.3 Å². The van der Waals surface area contributed by atoms with Crippen molar-refractivity contribution in [2.75, 3.05) is 0 Å². The predicted molar refractivity (Wildman–Crippen MR) is 47.5 cm³/mol.